The minimum atomic E-state index is -1.18. The SMILES string of the molecule is C[Si](C)(C)/C(I)=C/C=C/c1ccc(Cl)cc1Cl. The first-order valence-corrected chi connectivity index (χ1v) is 10.6. The minimum absolute atomic E-state index is 0.666. The van der Waals surface area contributed by atoms with Crippen molar-refractivity contribution in [2.75, 3.05) is 0 Å². The van der Waals surface area contributed by atoms with Crippen LogP contribution in [0.25, 0.3) is 6.08 Å². The molecular weight excluding hydrogens is 382 g/mol. The molecule has 0 N–H and O–H groups in total. The Labute approximate surface area is 128 Å². The molecule has 1 aromatic carbocycles. The summed E-state index contributed by atoms with van der Waals surface area (Å²) < 4.78 is 1.44. The summed E-state index contributed by atoms with van der Waals surface area (Å²) in [5.41, 5.74) is 0.993. The van der Waals surface area contributed by atoms with Crippen LogP contribution < -0.4 is 0 Å². The van der Waals surface area contributed by atoms with Crippen molar-refractivity contribution < 1.29 is 0 Å². The molecule has 92 valence electrons. The first kappa shape index (κ1) is 15.3. The maximum atomic E-state index is 6.09. The van der Waals surface area contributed by atoms with Gasteiger partial charge in [-0.2, -0.15) is 0 Å². The highest BCUT2D eigenvalue weighted by atomic mass is 127. The second-order valence-corrected chi connectivity index (χ2v) is 12.9. The van der Waals surface area contributed by atoms with Crippen LogP contribution in [0.4, 0.5) is 0 Å². The van der Waals surface area contributed by atoms with Gasteiger partial charge < -0.3 is 0 Å². The van der Waals surface area contributed by atoms with Gasteiger partial charge in [0.25, 0.3) is 0 Å². The lowest BCUT2D eigenvalue weighted by atomic mass is 10.2. The van der Waals surface area contributed by atoms with Crippen molar-refractivity contribution in [3.8, 4) is 0 Å². The summed E-state index contributed by atoms with van der Waals surface area (Å²) in [6.07, 6.45) is 6.23. The lowest BCUT2D eigenvalue weighted by Crippen LogP contribution is -2.19. The van der Waals surface area contributed by atoms with Crippen LogP contribution in [0.5, 0.6) is 0 Å². The largest absolute Gasteiger partial charge is 0.0854 e. The van der Waals surface area contributed by atoms with Crippen LogP contribution in [0, 0.1) is 0 Å². The van der Waals surface area contributed by atoms with Crippen LogP contribution in [0.3, 0.4) is 0 Å². The summed E-state index contributed by atoms with van der Waals surface area (Å²) in [6.45, 7) is 6.98. The van der Waals surface area contributed by atoms with Crippen LogP contribution in [0.15, 0.2) is 33.6 Å². The lowest BCUT2D eigenvalue weighted by molar-refractivity contribution is 1.65. The van der Waals surface area contributed by atoms with E-state index in [1.165, 1.54) is 3.20 Å². The fourth-order valence-corrected chi connectivity index (χ4v) is 2.40. The number of halogens is 3. The van der Waals surface area contributed by atoms with E-state index in [1.807, 2.05) is 18.2 Å². The standard InChI is InChI=1S/C13H15Cl2ISi/c1-17(2,3)13(16)6-4-5-10-7-8-11(14)9-12(10)15/h4-9H,1-3H3/b5-4+,13-6+. The third-order valence-corrected chi connectivity index (χ3v) is 9.57. The van der Waals surface area contributed by atoms with Crippen molar-refractivity contribution in [1.29, 1.82) is 0 Å². The molecule has 0 heterocycles. The van der Waals surface area contributed by atoms with Gasteiger partial charge in [0.1, 0.15) is 0 Å². The molecule has 0 bridgehead atoms. The molecule has 0 aromatic heterocycles. The Hall–Kier alpha value is 0.227. The van der Waals surface area contributed by atoms with E-state index in [9.17, 15) is 0 Å². The molecule has 17 heavy (non-hydrogen) atoms. The van der Waals surface area contributed by atoms with Gasteiger partial charge in [0.2, 0.25) is 0 Å². The summed E-state index contributed by atoms with van der Waals surface area (Å²) in [5, 5.41) is 1.35. The van der Waals surface area contributed by atoms with Crippen LogP contribution in [0.1, 0.15) is 5.56 Å². The fourth-order valence-electron chi connectivity index (χ4n) is 1.12. The number of allylic oxidation sites excluding steroid dienone is 2. The molecule has 0 aliphatic carbocycles. The second kappa shape index (κ2) is 6.41. The van der Waals surface area contributed by atoms with E-state index < -0.39 is 8.07 Å². The molecule has 0 saturated heterocycles. The summed E-state index contributed by atoms with van der Waals surface area (Å²) in [5.74, 6) is 0. The Bertz CT molecular complexity index is 459. The van der Waals surface area contributed by atoms with Crippen molar-refractivity contribution in [3.63, 3.8) is 0 Å². The number of hydrogen-bond acceptors (Lipinski definition) is 0. The van der Waals surface area contributed by atoms with Crippen molar-refractivity contribution in [1.82, 2.24) is 0 Å². The molecule has 4 heteroatoms. The fraction of sp³-hybridized carbons (Fsp3) is 0.231. The molecule has 0 amide bonds. The average Bonchev–Trinajstić information content (AvgIpc) is 2.19. The number of benzene rings is 1. The molecule has 0 atom stereocenters. The van der Waals surface area contributed by atoms with Gasteiger partial charge in [-0.1, -0.05) is 89.7 Å². The Morgan fingerprint density at radius 2 is 1.88 bits per heavy atom. The van der Waals surface area contributed by atoms with Gasteiger partial charge in [-0.05, 0) is 20.9 Å². The molecule has 1 aromatic rings. The van der Waals surface area contributed by atoms with E-state index in [0.717, 1.165) is 5.56 Å². The van der Waals surface area contributed by atoms with E-state index in [4.69, 9.17) is 23.2 Å². The first-order chi connectivity index (χ1) is 7.80. The third kappa shape index (κ3) is 5.16. The smallest absolute Gasteiger partial charge is 0.0843 e. The molecule has 0 unspecified atom stereocenters. The van der Waals surface area contributed by atoms with Gasteiger partial charge >= 0.3 is 0 Å². The highest BCUT2D eigenvalue weighted by Gasteiger charge is 2.15. The summed E-state index contributed by atoms with van der Waals surface area (Å²) in [6, 6.07) is 5.53. The minimum Gasteiger partial charge on any atom is -0.0843 e. The van der Waals surface area contributed by atoms with Crippen LogP contribution >= 0.6 is 45.8 Å². The van der Waals surface area contributed by atoms with Gasteiger partial charge in [-0.15, -0.1) is 0 Å². The van der Waals surface area contributed by atoms with Gasteiger partial charge in [-0.25, -0.2) is 0 Å². The topological polar surface area (TPSA) is 0 Å². The van der Waals surface area contributed by atoms with E-state index in [2.05, 4.69) is 54.4 Å². The molecule has 0 fully saturated rings. The normalized spacial score (nSPS) is 13.4. The summed E-state index contributed by atoms with van der Waals surface area (Å²) in [7, 11) is -1.18. The van der Waals surface area contributed by atoms with Crippen LogP contribution in [-0.4, -0.2) is 8.07 Å². The van der Waals surface area contributed by atoms with E-state index in [-0.39, 0.29) is 0 Å². The monoisotopic (exact) mass is 396 g/mol. The number of rotatable bonds is 3. The van der Waals surface area contributed by atoms with Crippen molar-refractivity contribution in [2.45, 2.75) is 19.6 Å². The van der Waals surface area contributed by atoms with E-state index >= 15 is 0 Å². The zero-order valence-electron chi connectivity index (χ0n) is 10.1. The first-order valence-electron chi connectivity index (χ1n) is 5.30. The van der Waals surface area contributed by atoms with Gasteiger partial charge in [0.05, 0.1) is 8.07 Å². The Morgan fingerprint density at radius 1 is 1.24 bits per heavy atom. The molecule has 0 aliphatic heterocycles. The molecule has 0 aliphatic rings. The predicted octanol–water partition coefficient (Wildman–Crippen LogP) is 6.20. The lowest BCUT2D eigenvalue weighted by Gasteiger charge is -2.13. The van der Waals surface area contributed by atoms with Gasteiger partial charge in [0, 0.05) is 10.0 Å². The van der Waals surface area contributed by atoms with Gasteiger partial charge in [0.15, 0.2) is 0 Å². The Morgan fingerprint density at radius 3 is 2.41 bits per heavy atom. The van der Waals surface area contributed by atoms with Crippen LogP contribution in [-0.2, 0) is 0 Å². The Kier molecular flexibility index (Phi) is 5.76. The molecule has 0 radical (unpaired) electrons. The molecular formula is C13H15Cl2ISi. The van der Waals surface area contributed by atoms with Crippen molar-refractivity contribution in [3.05, 3.63) is 49.2 Å². The summed E-state index contributed by atoms with van der Waals surface area (Å²) >= 11 is 14.4. The molecule has 0 nitrogen and oxygen atoms in total. The maximum absolute atomic E-state index is 6.09. The number of hydrogen-bond donors (Lipinski definition) is 0. The maximum Gasteiger partial charge on any atom is 0.0854 e. The van der Waals surface area contributed by atoms with E-state index in [0.29, 0.717) is 10.0 Å². The summed E-state index contributed by atoms with van der Waals surface area (Å²) in [4.78, 5) is 0. The molecule has 0 spiro atoms. The second-order valence-electron chi connectivity index (χ2n) is 4.79. The van der Waals surface area contributed by atoms with Crippen molar-refractivity contribution >= 4 is 59.9 Å². The van der Waals surface area contributed by atoms with Crippen molar-refractivity contribution in [2.24, 2.45) is 0 Å². The molecule has 0 saturated carbocycles. The van der Waals surface area contributed by atoms with Gasteiger partial charge in [-0.3, -0.25) is 0 Å². The predicted molar refractivity (Wildman–Crippen MR) is 90.9 cm³/mol. The van der Waals surface area contributed by atoms with E-state index in [1.54, 1.807) is 6.07 Å². The third-order valence-electron chi connectivity index (χ3n) is 2.20. The van der Waals surface area contributed by atoms with Crippen LogP contribution in [0.2, 0.25) is 29.7 Å². The zero-order valence-corrected chi connectivity index (χ0v) is 14.8. The zero-order chi connectivity index (χ0) is 13.1. The Balaban J connectivity index is 2.85. The average molecular weight is 397 g/mol. The molecule has 1 rings (SSSR count). The quantitative estimate of drug-likeness (QED) is 0.324. The highest BCUT2D eigenvalue weighted by Crippen LogP contribution is 2.24. The highest BCUT2D eigenvalue weighted by molar-refractivity contribution is 14.1.